The quantitative estimate of drug-likeness (QED) is 0.185. The third kappa shape index (κ3) is 3.76. The molecular formula is C49H27N3O2. The molecule has 4 heterocycles. The average molecular weight is 690 g/mol. The number of aromatic nitrogens is 2. The van der Waals surface area contributed by atoms with Crippen molar-refractivity contribution in [3.05, 3.63) is 169 Å². The Hall–Kier alpha value is -7.55. The van der Waals surface area contributed by atoms with Gasteiger partial charge in [0.25, 0.3) is 0 Å². The van der Waals surface area contributed by atoms with Gasteiger partial charge in [-0.2, -0.15) is 5.26 Å². The molecule has 12 rings (SSSR count). The van der Waals surface area contributed by atoms with Crippen LogP contribution in [-0.2, 0) is 0 Å². The largest absolute Gasteiger partial charge is 0.456 e. The smallest absolute Gasteiger partial charge is 0.137 e. The van der Waals surface area contributed by atoms with Crippen LogP contribution >= 0.6 is 0 Å². The molecule has 0 saturated heterocycles. The van der Waals surface area contributed by atoms with Crippen LogP contribution in [0.3, 0.4) is 0 Å². The predicted molar refractivity (Wildman–Crippen MR) is 220 cm³/mol. The zero-order chi connectivity index (χ0) is 35.5. The van der Waals surface area contributed by atoms with Crippen LogP contribution in [0.15, 0.2) is 173 Å². The highest BCUT2D eigenvalue weighted by atomic mass is 16.3. The van der Waals surface area contributed by atoms with E-state index in [4.69, 9.17) is 8.83 Å². The normalized spacial score (nSPS) is 12.1. The Morgan fingerprint density at radius 1 is 0.370 bits per heavy atom. The molecule has 0 aliphatic rings. The Balaban J connectivity index is 1.20. The summed E-state index contributed by atoms with van der Waals surface area (Å²) < 4.78 is 17.4. The van der Waals surface area contributed by atoms with Gasteiger partial charge in [-0.15, -0.1) is 0 Å². The number of para-hydroxylation sites is 5. The molecule has 54 heavy (non-hydrogen) atoms. The highest BCUT2D eigenvalue weighted by Gasteiger charge is 2.24. The second kappa shape index (κ2) is 10.7. The van der Waals surface area contributed by atoms with Gasteiger partial charge in [0.1, 0.15) is 28.4 Å². The molecule has 250 valence electrons. The monoisotopic (exact) mass is 689 g/mol. The van der Waals surface area contributed by atoms with Crippen LogP contribution in [0, 0.1) is 11.3 Å². The number of nitrogens with zero attached hydrogens (tertiary/aromatic N) is 3. The molecule has 0 bridgehead atoms. The number of nitriles is 1. The van der Waals surface area contributed by atoms with Crippen LogP contribution in [0.25, 0.3) is 110 Å². The molecule has 4 aromatic heterocycles. The molecule has 5 nitrogen and oxygen atoms in total. The van der Waals surface area contributed by atoms with Gasteiger partial charge in [-0.3, -0.25) is 0 Å². The summed E-state index contributed by atoms with van der Waals surface area (Å²) in [7, 11) is 0. The first-order chi connectivity index (χ1) is 26.8. The third-order valence-corrected chi connectivity index (χ3v) is 11.2. The van der Waals surface area contributed by atoms with E-state index in [0.29, 0.717) is 5.56 Å². The fourth-order valence-electron chi connectivity index (χ4n) is 9.00. The second-order valence-electron chi connectivity index (χ2n) is 13.9. The molecule has 0 fully saturated rings. The molecule has 0 aliphatic carbocycles. The van der Waals surface area contributed by atoms with Crippen LogP contribution in [0.1, 0.15) is 5.56 Å². The van der Waals surface area contributed by atoms with Gasteiger partial charge in [0, 0.05) is 43.4 Å². The molecule has 0 spiro atoms. The van der Waals surface area contributed by atoms with E-state index < -0.39 is 0 Å². The van der Waals surface area contributed by atoms with Crippen molar-refractivity contribution in [2.45, 2.75) is 0 Å². The molecule has 0 aliphatic heterocycles. The number of benzene rings is 8. The fraction of sp³-hybridized carbons (Fsp3) is 0. The van der Waals surface area contributed by atoms with E-state index in [-0.39, 0.29) is 0 Å². The van der Waals surface area contributed by atoms with E-state index in [1.165, 1.54) is 0 Å². The maximum absolute atomic E-state index is 11.2. The highest BCUT2D eigenvalue weighted by molar-refractivity contribution is 6.26. The summed E-state index contributed by atoms with van der Waals surface area (Å²) in [4.78, 5) is 0. The van der Waals surface area contributed by atoms with Crippen molar-refractivity contribution in [3.63, 3.8) is 0 Å². The lowest BCUT2D eigenvalue weighted by Crippen LogP contribution is -2.02. The Labute approximate surface area is 307 Å². The Morgan fingerprint density at radius 3 is 1.43 bits per heavy atom. The molecule has 0 radical (unpaired) electrons. The highest BCUT2D eigenvalue weighted by Crippen LogP contribution is 2.45. The molecule has 0 N–H and O–H groups in total. The van der Waals surface area contributed by atoms with E-state index in [0.717, 1.165) is 110 Å². The van der Waals surface area contributed by atoms with Gasteiger partial charge in [0.2, 0.25) is 0 Å². The molecule has 0 saturated carbocycles. The van der Waals surface area contributed by atoms with Crippen LogP contribution in [0.4, 0.5) is 0 Å². The first-order valence-corrected chi connectivity index (χ1v) is 18.1. The first kappa shape index (κ1) is 29.1. The van der Waals surface area contributed by atoms with Gasteiger partial charge in [0.05, 0.1) is 49.8 Å². The Kier molecular flexibility index (Phi) is 5.78. The molecule has 12 aromatic rings. The van der Waals surface area contributed by atoms with E-state index in [1.54, 1.807) is 0 Å². The minimum atomic E-state index is 0.595. The number of furan rings is 2. The van der Waals surface area contributed by atoms with Crippen LogP contribution < -0.4 is 0 Å². The van der Waals surface area contributed by atoms with Crippen molar-refractivity contribution in [2.24, 2.45) is 0 Å². The molecule has 8 aromatic carbocycles. The summed E-state index contributed by atoms with van der Waals surface area (Å²) in [6, 6.07) is 59.3. The van der Waals surface area contributed by atoms with Gasteiger partial charge >= 0.3 is 0 Å². The summed E-state index contributed by atoms with van der Waals surface area (Å²) in [5.41, 5.74) is 11.8. The topological polar surface area (TPSA) is 59.9 Å². The van der Waals surface area contributed by atoms with Gasteiger partial charge in [-0.05, 0) is 60.7 Å². The number of hydrogen-bond donors (Lipinski definition) is 0. The van der Waals surface area contributed by atoms with Crippen LogP contribution in [0.5, 0.6) is 0 Å². The van der Waals surface area contributed by atoms with Crippen molar-refractivity contribution in [2.75, 3.05) is 0 Å². The first-order valence-electron chi connectivity index (χ1n) is 18.1. The predicted octanol–water partition coefficient (Wildman–Crippen LogP) is 13.2. The number of rotatable bonds is 3. The van der Waals surface area contributed by atoms with Crippen LogP contribution in [0.2, 0.25) is 0 Å². The van der Waals surface area contributed by atoms with Gasteiger partial charge in [-0.1, -0.05) is 103 Å². The zero-order valence-electron chi connectivity index (χ0n) is 28.7. The van der Waals surface area contributed by atoms with Crippen molar-refractivity contribution >= 4 is 87.5 Å². The lowest BCUT2D eigenvalue weighted by atomic mass is 9.96. The second-order valence-corrected chi connectivity index (χ2v) is 13.9. The summed E-state index contributed by atoms with van der Waals surface area (Å²) in [5, 5.41) is 20.0. The molecular weight excluding hydrogens is 663 g/mol. The van der Waals surface area contributed by atoms with Crippen molar-refractivity contribution in [1.82, 2.24) is 9.13 Å². The zero-order valence-corrected chi connectivity index (χ0v) is 28.7. The van der Waals surface area contributed by atoms with E-state index in [1.807, 2.05) is 24.3 Å². The molecule has 0 atom stereocenters. The fourth-order valence-corrected chi connectivity index (χ4v) is 9.00. The summed E-state index contributed by atoms with van der Waals surface area (Å²) in [6.07, 6.45) is 0. The van der Waals surface area contributed by atoms with Gasteiger partial charge < -0.3 is 18.0 Å². The standard InChI is InChI=1S/C49H27N3O2/c50-28-37-29(17-11-21-41(37)52-40-20-8-3-14-32(40)34-25-27-45-47(49(34)52)36-16-5-10-23-43(36)54-45)30-12-1-6-18-38(30)51-39-19-7-2-13-31(39)33-24-26-44-46(48(33)51)35-15-4-9-22-42(35)53-44/h1-27H. The van der Waals surface area contributed by atoms with Gasteiger partial charge in [-0.25, -0.2) is 0 Å². The number of hydrogen-bond acceptors (Lipinski definition) is 3. The van der Waals surface area contributed by atoms with Gasteiger partial charge in [0.15, 0.2) is 0 Å². The molecule has 5 heteroatoms. The minimum Gasteiger partial charge on any atom is -0.456 e. The Morgan fingerprint density at radius 2 is 0.833 bits per heavy atom. The van der Waals surface area contributed by atoms with E-state index in [2.05, 4.69) is 155 Å². The summed E-state index contributed by atoms with van der Waals surface area (Å²) in [5.74, 6) is 0. The lowest BCUT2D eigenvalue weighted by molar-refractivity contribution is 0.669. The lowest BCUT2D eigenvalue weighted by Gasteiger charge is -2.18. The van der Waals surface area contributed by atoms with Crippen molar-refractivity contribution < 1.29 is 8.83 Å². The number of fused-ring (bicyclic) bond motifs is 14. The van der Waals surface area contributed by atoms with E-state index >= 15 is 0 Å². The van der Waals surface area contributed by atoms with Crippen molar-refractivity contribution in [1.29, 1.82) is 5.26 Å². The molecule has 0 amide bonds. The molecule has 0 unspecified atom stereocenters. The van der Waals surface area contributed by atoms with E-state index in [9.17, 15) is 5.26 Å². The average Bonchev–Trinajstić information content (AvgIpc) is 3.98. The third-order valence-electron chi connectivity index (χ3n) is 11.2. The summed E-state index contributed by atoms with van der Waals surface area (Å²) >= 11 is 0. The Bertz CT molecular complexity index is 3590. The van der Waals surface area contributed by atoms with Crippen molar-refractivity contribution in [3.8, 4) is 28.6 Å². The maximum Gasteiger partial charge on any atom is 0.137 e. The summed E-state index contributed by atoms with van der Waals surface area (Å²) in [6.45, 7) is 0. The maximum atomic E-state index is 11.2. The van der Waals surface area contributed by atoms with Crippen LogP contribution in [-0.4, -0.2) is 9.13 Å². The SMILES string of the molecule is N#Cc1c(-c2ccccc2-n2c3ccccc3c3ccc4oc5ccccc5c4c32)cccc1-n1c2ccccc2c2ccc3oc4ccccc4c3c21. The minimum absolute atomic E-state index is 0.595.